The highest BCUT2D eigenvalue weighted by molar-refractivity contribution is 7.17. The molecule has 3 rings (SSSR count). The minimum absolute atomic E-state index is 0.0606. The number of aromatic hydroxyl groups is 1. The fourth-order valence-corrected chi connectivity index (χ4v) is 2.90. The van der Waals surface area contributed by atoms with Crippen molar-refractivity contribution in [3.63, 3.8) is 0 Å². The van der Waals surface area contributed by atoms with Crippen molar-refractivity contribution < 1.29 is 10.0 Å². The van der Waals surface area contributed by atoms with E-state index in [1.807, 2.05) is 11.4 Å². The zero-order chi connectivity index (χ0) is 13.4. The number of benzene rings is 2. The first kappa shape index (κ1) is 11.7. The fraction of sp³-hybridized carbons (Fsp3) is 0. The fourth-order valence-electron chi connectivity index (χ4n) is 2.06. The molecule has 0 unspecified atom stereocenters. The number of phenols is 1. The van der Waals surface area contributed by atoms with Crippen LogP contribution in [0, 0.1) is 10.1 Å². The lowest BCUT2D eigenvalue weighted by Crippen LogP contribution is -1.87. The topological polar surface area (TPSA) is 63.4 Å². The zero-order valence-electron chi connectivity index (χ0n) is 9.74. The quantitative estimate of drug-likeness (QED) is 0.561. The Labute approximate surface area is 112 Å². The van der Waals surface area contributed by atoms with Gasteiger partial charge < -0.3 is 5.11 Å². The van der Waals surface area contributed by atoms with Crippen molar-refractivity contribution in [1.82, 2.24) is 0 Å². The summed E-state index contributed by atoms with van der Waals surface area (Å²) in [7, 11) is 0. The summed E-state index contributed by atoms with van der Waals surface area (Å²) in [6.07, 6.45) is 0. The summed E-state index contributed by atoms with van der Waals surface area (Å²) in [6.45, 7) is 0. The molecule has 0 atom stereocenters. The number of nitro benzene ring substituents is 1. The highest BCUT2D eigenvalue weighted by Gasteiger charge is 2.09. The second-order valence-electron chi connectivity index (χ2n) is 4.13. The number of fused-ring (bicyclic) bond motifs is 1. The number of thiophene rings is 1. The van der Waals surface area contributed by atoms with Gasteiger partial charge in [-0.25, -0.2) is 0 Å². The molecule has 3 aromatic rings. The van der Waals surface area contributed by atoms with Crippen molar-refractivity contribution in [1.29, 1.82) is 0 Å². The van der Waals surface area contributed by atoms with Crippen molar-refractivity contribution >= 4 is 27.1 Å². The van der Waals surface area contributed by atoms with E-state index in [1.54, 1.807) is 35.6 Å². The van der Waals surface area contributed by atoms with E-state index in [2.05, 4.69) is 0 Å². The summed E-state index contributed by atoms with van der Waals surface area (Å²) in [5.41, 5.74) is 1.79. The van der Waals surface area contributed by atoms with Crippen molar-refractivity contribution in [3.05, 3.63) is 58.0 Å². The normalized spacial score (nSPS) is 10.7. The molecule has 0 amide bonds. The predicted octanol–water partition coefficient (Wildman–Crippen LogP) is 4.18. The molecule has 0 aliphatic heterocycles. The molecule has 0 fully saturated rings. The predicted molar refractivity (Wildman–Crippen MR) is 75.6 cm³/mol. The largest absolute Gasteiger partial charge is 0.508 e. The van der Waals surface area contributed by atoms with E-state index >= 15 is 0 Å². The van der Waals surface area contributed by atoms with Crippen LogP contribution in [0.2, 0.25) is 0 Å². The Kier molecular flexibility index (Phi) is 2.68. The molecule has 1 heterocycles. The molecule has 1 aromatic heterocycles. The average molecular weight is 271 g/mol. The monoisotopic (exact) mass is 271 g/mol. The van der Waals surface area contributed by atoms with E-state index in [0.717, 1.165) is 21.2 Å². The van der Waals surface area contributed by atoms with Gasteiger partial charge in [-0.05, 0) is 46.8 Å². The molecule has 94 valence electrons. The summed E-state index contributed by atoms with van der Waals surface area (Å²) in [6, 6.07) is 11.7. The maximum absolute atomic E-state index is 10.6. The van der Waals surface area contributed by atoms with E-state index < -0.39 is 4.92 Å². The summed E-state index contributed by atoms with van der Waals surface area (Å²) in [4.78, 5) is 10.2. The Morgan fingerprint density at radius 2 is 1.84 bits per heavy atom. The van der Waals surface area contributed by atoms with Crippen LogP contribution < -0.4 is 0 Å². The van der Waals surface area contributed by atoms with E-state index in [4.69, 9.17) is 0 Å². The number of hydrogen-bond acceptors (Lipinski definition) is 4. The lowest BCUT2D eigenvalue weighted by molar-refractivity contribution is -0.384. The van der Waals surface area contributed by atoms with E-state index in [1.165, 1.54) is 12.1 Å². The molecule has 0 saturated heterocycles. The minimum Gasteiger partial charge on any atom is -0.508 e. The third-order valence-corrected chi connectivity index (χ3v) is 3.81. The Bertz CT molecular complexity index is 762. The molecule has 0 saturated carbocycles. The first-order valence-corrected chi connectivity index (χ1v) is 6.48. The highest BCUT2D eigenvalue weighted by Crippen LogP contribution is 2.35. The molecular weight excluding hydrogens is 262 g/mol. The van der Waals surface area contributed by atoms with Crippen LogP contribution in [0.1, 0.15) is 0 Å². The number of phenolic OH excluding ortho intramolecular Hbond substituents is 1. The van der Waals surface area contributed by atoms with Crippen molar-refractivity contribution in [3.8, 4) is 16.9 Å². The van der Waals surface area contributed by atoms with Gasteiger partial charge in [0, 0.05) is 22.2 Å². The van der Waals surface area contributed by atoms with E-state index in [9.17, 15) is 15.2 Å². The standard InChI is InChI=1S/C14H9NO3S/c16-11-7-13(12-5-6-19-14(12)8-11)9-1-3-10(4-2-9)15(17)18/h1-8,16H. The van der Waals surface area contributed by atoms with Gasteiger partial charge in [0.05, 0.1) is 4.92 Å². The average Bonchev–Trinajstić information content (AvgIpc) is 2.85. The molecule has 1 N–H and O–H groups in total. The molecule has 2 aromatic carbocycles. The van der Waals surface area contributed by atoms with E-state index in [0.29, 0.717) is 0 Å². The second-order valence-corrected chi connectivity index (χ2v) is 5.08. The van der Waals surface area contributed by atoms with Crippen molar-refractivity contribution in [2.75, 3.05) is 0 Å². The van der Waals surface area contributed by atoms with Crippen LogP contribution in [0.3, 0.4) is 0 Å². The van der Waals surface area contributed by atoms with Gasteiger partial charge in [0.1, 0.15) is 5.75 Å². The highest BCUT2D eigenvalue weighted by atomic mass is 32.1. The molecule has 0 spiro atoms. The molecule has 5 heteroatoms. The van der Waals surface area contributed by atoms with Gasteiger partial charge in [-0.1, -0.05) is 0 Å². The van der Waals surface area contributed by atoms with Gasteiger partial charge in [-0.3, -0.25) is 10.1 Å². The smallest absolute Gasteiger partial charge is 0.269 e. The SMILES string of the molecule is O=[N+]([O-])c1ccc(-c2cc(O)cc3sccc23)cc1. The molecule has 4 nitrogen and oxygen atoms in total. The number of rotatable bonds is 2. The third-order valence-electron chi connectivity index (χ3n) is 2.95. The van der Waals surface area contributed by atoms with Crippen LogP contribution in [-0.2, 0) is 0 Å². The van der Waals surface area contributed by atoms with Crippen molar-refractivity contribution in [2.45, 2.75) is 0 Å². The van der Waals surface area contributed by atoms with E-state index in [-0.39, 0.29) is 11.4 Å². The molecule has 0 aliphatic carbocycles. The second kappa shape index (κ2) is 4.37. The maximum atomic E-state index is 10.6. The molecular formula is C14H9NO3S. The van der Waals surface area contributed by atoms with Crippen LogP contribution in [-0.4, -0.2) is 10.0 Å². The molecule has 0 aliphatic rings. The Hall–Kier alpha value is -2.40. The van der Waals surface area contributed by atoms with Crippen LogP contribution in [0.5, 0.6) is 5.75 Å². The van der Waals surface area contributed by atoms with Gasteiger partial charge in [-0.15, -0.1) is 11.3 Å². The van der Waals surface area contributed by atoms with Gasteiger partial charge in [-0.2, -0.15) is 0 Å². The number of non-ortho nitro benzene ring substituents is 1. The lowest BCUT2D eigenvalue weighted by atomic mass is 10.0. The van der Waals surface area contributed by atoms with Gasteiger partial charge in [0.25, 0.3) is 5.69 Å². The van der Waals surface area contributed by atoms with Gasteiger partial charge in [0.2, 0.25) is 0 Å². The molecule has 0 bridgehead atoms. The lowest BCUT2D eigenvalue weighted by Gasteiger charge is -2.05. The molecule has 19 heavy (non-hydrogen) atoms. The Morgan fingerprint density at radius 3 is 2.53 bits per heavy atom. The van der Waals surface area contributed by atoms with Crippen LogP contribution in [0.4, 0.5) is 5.69 Å². The minimum atomic E-state index is -0.424. The Morgan fingerprint density at radius 1 is 1.11 bits per heavy atom. The van der Waals surface area contributed by atoms with Crippen LogP contribution >= 0.6 is 11.3 Å². The summed E-state index contributed by atoms with van der Waals surface area (Å²) < 4.78 is 0.994. The van der Waals surface area contributed by atoms with Crippen molar-refractivity contribution in [2.24, 2.45) is 0 Å². The summed E-state index contributed by atoms with van der Waals surface area (Å²) in [5.74, 6) is 0.198. The number of hydrogen-bond donors (Lipinski definition) is 1. The maximum Gasteiger partial charge on any atom is 0.269 e. The first-order valence-electron chi connectivity index (χ1n) is 5.60. The zero-order valence-corrected chi connectivity index (χ0v) is 10.6. The number of nitro groups is 1. The van der Waals surface area contributed by atoms with Crippen LogP contribution in [0.25, 0.3) is 21.2 Å². The van der Waals surface area contributed by atoms with Gasteiger partial charge in [0.15, 0.2) is 0 Å². The molecule has 0 radical (unpaired) electrons. The van der Waals surface area contributed by atoms with Gasteiger partial charge >= 0.3 is 0 Å². The summed E-state index contributed by atoms with van der Waals surface area (Å²) in [5, 5.41) is 23.4. The number of nitrogens with zero attached hydrogens (tertiary/aromatic N) is 1. The van der Waals surface area contributed by atoms with Crippen LogP contribution in [0.15, 0.2) is 47.8 Å². The first-order chi connectivity index (χ1) is 9.15. The summed E-state index contributed by atoms with van der Waals surface area (Å²) >= 11 is 1.55. The Balaban J connectivity index is 2.18. The third kappa shape index (κ3) is 2.04.